The summed E-state index contributed by atoms with van der Waals surface area (Å²) in [5.41, 5.74) is -0.622. The second-order valence-corrected chi connectivity index (χ2v) is 20.6. The number of fused-ring (bicyclic) bond motifs is 6. The van der Waals surface area contributed by atoms with Gasteiger partial charge in [-0.3, -0.25) is 14.4 Å². The zero-order valence-electron chi connectivity index (χ0n) is 38.6. The molecule has 4 aliphatic carbocycles. The van der Waals surface area contributed by atoms with Crippen molar-refractivity contribution in [3.8, 4) is 0 Å². The lowest BCUT2D eigenvalue weighted by Gasteiger charge is -2.56. The van der Waals surface area contributed by atoms with Crippen LogP contribution in [0.4, 0.5) is 0 Å². The number of esters is 2. The Labute approximate surface area is 391 Å². The molecule has 5 aliphatic heterocycles. The number of carbonyl (C=O) groups is 3. The third-order valence-corrected chi connectivity index (χ3v) is 16.4. The molecule has 0 bridgehead atoms. The molecule has 22 nitrogen and oxygen atoms in total. The van der Waals surface area contributed by atoms with Crippen LogP contribution in [0, 0.1) is 35.0 Å². The van der Waals surface area contributed by atoms with E-state index in [2.05, 4.69) is 0 Å². The number of carbonyl (C=O) groups excluding carboxylic acids is 3. The van der Waals surface area contributed by atoms with Crippen LogP contribution in [-0.4, -0.2) is 206 Å². The minimum atomic E-state index is -2.09. The molecule has 24 atom stereocenters. The second-order valence-electron chi connectivity index (χ2n) is 20.6. The molecule has 9 aliphatic rings. The first-order chi connectivity index (χ1) is 32.1. The maximum Gasteiger partial charge on any atom is 0.303 e. The number of rotatable bonds is 10. The zero-order chi connectivity index (χ0) is 48.9. The molecule has 1 spiro atoms. The maximum absolute atomic E-state index is 14.8. The van der Waals surface area contributed by atoms with Crippen molar-refractivity contribution in [1.82, 2.24) is 0 Å². The van der Waals surface area contributed by atoms with Crippen molar-refractivity contribution in [3.05, 3.63) is 22.8 Å². The molecule has 0 aromatic rings. The molecular formula is C46H66O22. The minimum Gasteiger partial charge on any atom is -0.465 e. The summed E-state index contributed by atoms with van der Waals surface area (Å²) >= 11 is 0. The maximum atomic E-state index is 14.8. The molecule has 5 heterocycles. The minimum absolute atomic E-state index is 0.0442. The Morgan fingerprint density at radius 1 is 0.868 bits per heavy atom. The lowest BCUT2D eigenvalue weighted by atomic mass is 9.51. The third-order valence-electron chi connectivity index (χ3n) is 16.4. The van der Waals surface area contributed by atoms with E-state index >= 15 is 0 Å². The molecule has 6 fully saturated rings. The van der Waals surface area contributed by atoms with Crippen LogP contribution in [-0.2, 0) is 61.8 Å². The van der Waals surface area contributed by atoms with Gasteiger partial charge in [-0.2, -0.15) is 0 Å². The number of hydrogen-bond acceptors (Lipinski definition) is 22. The van der Waals surface area contributed by atoms with Crippen LogP contribution in [0.1, 0.15) is 66.7 Å². The summed E-state index contributed by atoms with van der Waals surface area (Å²) in [4.78, 5) is 39.1. The normalized spacial score (nSPS) is 51.1. The van der Waals surface area contributed by atoms with Gasteiger partial charge in [-0.25, -0.2) is 0 Å². The van der Waals surface area contributed by atoms with E-state index in [0.717, 1.165) is 18.1 Å². The Hall–Kier alpha value is -2.59. The Balaban J connectivity index is 0.980. The van der Waals surface area contributed by atoms with Gasteiger partial charge in [0.25, 0.3) is 0 Å². The van der Waals surface area contributed by atoms with Crippen molar-refractivity contribution in [3.63, 3.8) is 0 Å². The van der Waals surface area contributed by atoms with Gasteiger partial charge >= 0.3 is 11.9 Å². The summed E-state index contributed by atoms with van der Waals surface area (Å²) in [5, 5.41) is 99.0. The first-order valence-corrected chi connectivity index (χ1v) is 23.7. The highest BCUT2D eigenvalue weighted by molar-refractivity contribution is 6.04. The molecule has 0 amide bonds. The Kier molecular flexibility index (Phi) is 13.9. The smallest absolute Gasteiger partial charge is 0.303 e. The fraction of sp³-hybridized carbons (Fsp3) is 0.848. The van der Waals surface area contributed by atoms with Gasteiger partial charge in [-0.1, -0.05) is 31.1 Å². The van der Waals surface area contributed by atoms with Crippen LogP contribution >= 0.6 is 0 Å². The van der Waals surface area contributed by atoms with Crippen LogP contribution in [0.3, 0.4) is 0 Å². The third kappa shape index (κ3) is 8.21. The van der Waals surface area contributed by atoms with Crippen molar-refractivity contribution >= 4 is 17.7 Å². The van der Waals surface area contributed by atoms with E-state index in [4.69, 9.17) is 47.4 Å². The predicted molar refractivity (Wildman–Crippen MR) is 223 cm³/mol. The highest BCUT2D eigenvalue weighted by Gasteiger charge is 2.70. The molecule has 9 N–H and O–H groups in total. The fourth-order valence-electron chi connectivity index (χ4n) is 12.8. The van der Waals surface area contributed by atoms with Gasteiger partial charge in [-0.05, 0) is 44.4 Å². The van der Waals surface area contributed by atoms with Crippen LogP contribution in [0.25, 0.3) is 0 Å². The van der Waals surface area contributed by atoms with E-state index in [9.17, 15) is 60.3 Å². The zero-order valence-corrected chi connectivity index (χ0v) is 38.6. The summed E-state index contributed by atoms with van der Waals surface area (Å²) in [6, 6.07) is 0. The molecule has 0 unspecified atom stereocenters. The average molecular weight is 971 g/mol. The lowest BCUT2D eigenvalue weighted by molar-refractivity contribution is -0.371. The monoisotopic (exact) mass is 970 g/mol. The van der Waals surface area contributed by atoms with E-state index in [1.54, 1.807) is 6.92 Å². The molecule has 0 aromatic carbocycles. The Morgan fingerprint density at radius 2 is 1.60 bits per heavy atom. The van der Waals surface area contributed by atoms with Crippen LogP contribution in [0.5, 0.6) is 0 Å². The molecule has 1 saturated carbocycles. The fourth-order valence-corrected chi connectivity index (χ4v) is 12.8. The molecule has 5 saturated heterocycles. The van der Waals surface area contributed by atoms with Crippen molar-refractivity contribution in [1.29, 1.82) is 0 Å². The topological polar surface area (TPSA) is 326 Å². The standard InChI is InChI=1S/C46H66O22/c1-17-12-62-46(39(56)31(17)52)26(13-59-19(3)48)30-24-8-9-25-23(29(24)33(54)36(30)68-46)7-6-21-10-22(50)11-28(44(21,25)5)65-42-38(32(53)27(51)14-60-42)67-41-34(55)37(35(18(2)63-41)64-20(4)49)66-43-40(57)45(58,15-47)16-61-43/h6,17-18,22-23,25-28,30-32,34-43,47,50-53,55-58H,7-16H2,1-5H3/t17-,18-,22+,23+,25-,26-,27-,28+,30-,31+,32-,34+,35-,36+,37-,38+,39-,40-,41-,42-,43-,44-,45+,46-/m0/s1. The number of aliphatic hydroxyl groups excluding tert-OH is 8. The highest BCUT2D eigenvalue weighted by Crippen LogP contribution is 2.64. The van der Waals surface area contributed by atoms with Crippen molar-refractivity contribution in [2.75, 3.05) is 33.0 Å². The van der Waals surface area contributed by atoms with Crippen molar-refractivity contribution < 1.29 is 108 Å². The van der Waals surface area contributed by atoms with Gasteiger partial charge in [0, 0.05) is 43.1 Å². The van der Waals surface area contributed by atoms with E-state index < -0.39 is 158 Å². The van der Waals surface area contributed by atoms with E-state index in [-0.39, 0.29) is 43.9 Å². The molecule has 9 rings (SSSR count). The quantitative estimate of drug-likeness (QED) is 0.0799. The number of ether oxygens (including phenoxy) is 10. The summed E-state index contributed by atoms with van der Waals surface area (Å²) in [7, 11) is 0. The van der Waals surface area contributed by atoms with E-state index in [1.165, 1.54) is 13.8 Å². The SMILES string of the molecule is CC(=O)OC[C@H]1[C@@H]2C3=C(C(=O)[C@@H]2O[C@@]12OC[C@H](C)[C@@H](O)[C@@H]2O)[C@@H]1CC=C2C[C@@H](O)C[C@@H](O[C@@H]4OC[C@H](O)[C@H](O)[C@H]4O[C@@H]4O[C@@H](C)[C@H](OC(C)=O)[C@@H](O[C@@H]5OC[C@](O)(CO)[C@H]5O)[C@H]4O)[C@]2(C)[C@H]1CC3. The number of allylic oxidation sites excluding steroid dienone is 1. The molecule has 22 heteroatoms. The summed E-state index contributed by atoms with van der Waals surface area (Å²) in [6.45, 7) is 5.65. The van der Waals surface area contributed by atoms with Crippen molar-refractivity contribution in [2.24, 2.45) is 35.0 Å². The van der Waals surface area contributed by atoms with Crippen LogP contribution in [0.15, 0.2) is 22.8 Å². The molecule has 68 heavy (non-hydrogen) atoms. The van der Waals surface area contributed by atoms with Gasteiger partial charge < -0.3 is 93.3 Å². The molecule has 0 aromatic heterocycles. The van der Waals surface area contributed by atoms with Crippen LogP contribution < -0.4 is 0 Å². The van der Waals surface area contributed by atoms with Crippen molar-refractivity contribution in [2.45, 2.75) is 176 Å². The molecule has 382 valence electrons. The highest BCUT2D eigenvalue weighted by atomic mass is 16.8. The number of aliphatic hydroxyl groups is 9. The van der Waals surface area contributed by atoms with Gasteiger partial charge in [0.05, 0.1) is 56.8 Å². The summed E-state index contributed by atoms with van der Waals surface area (Å²) in [6.07, 6.45) is -18.6. The summed E-state index contributed by atoms with van der Waals surface area (Å²) in [5.74, 6) is -5.83. The predicted octanol–water partition coefficient (Wildman–Crippen LogP) is -2.63. The van der Waals surface area contributed by atoms with E-state index in [1.807, 2.05) is 13.0 Å². The Morgan fingerprint density at radius 3 is 2.29 bits per heavy atom. The number of ketones is 1. The first kappa shape index (κ1) is 50.4. The largest absolute Gasteiger partial charge is 0.465 e. The molecule has 0 radical (unpaired) electrons. The second kappa shape index (κ2) is 18.8. The van der Waals surface area contributed by atoms with E-state index in [0.29, 0.717) is 31.3 Å². The molecular weight excluding hydrogens is 904 g/mol. The van der Waals surface area contributed by atoms with Gasteiger partial charge in [0.15, 0.2) is 30.8 Å². The Bertz CT molecular complexity index is 2000. The van der Waals surface area contributed by atoms with Crippen LogP contribution in [0.2, 0.25) is 0 Å². The summed E-state index contributed by atoms with van der Waals surface area (Å²) < 4.78 is 60.0. The lowest BCUT2D eigenvalue weighted by Crippen LogP contribution is -2.64. The first-order valence-electron chi connectivity index (χ1n) is 23.7. The average Bonchev–Trinajstić information content (AvgIpc) is 3.88. The number of hydrogen-bond donors (Lipinski definition) is 9. The van der Waals surface area contributed by atoms with Gasteiger partial charge in [-0.15, -0.1) is 0 Å². The van der Waals surface area contributed by atoms with Gasteiger partial charge in [0.2, 0.25) is 5.79 Å². The van der Waals surface area contributed by atoms with Gasteiger partial charge in [0.1, 0.15) is 61.0 Å². The number of Topliss-reactive ketones (excluding diaryl/α,β-unsaturated/α-hetero) is 1.